The molecule has 1 fully saturated rings. The van der Waals surface area contributed by atoms with Crippen molar-refractivity contribution < 1.29 is 22.7 Å². The third kappa shape index (κ3) is 9.37. The summed E-state index contributed by atoms with van der Waals surface area (Å²) >= 11 is 6.09. The Hall–Kier alpha value is -4.29. The summed E-state index contributed by atoms with van der Waals surface area (Å²) in [5.74, 6) is 0.608. The number of piperidine rings is 1. The van der Waals surface area contributed by atoms with Crippen LogP contribution in [0.15, 0.2) is 97.1 Å². The van der Waals surface area contributed by atoms with Crippen LogP contribution in [0.5, 0.6) is 11.5 Å². The fourth-order valence-corrected chi connectivity index (χ4v) is 6.03. The lowest BCUT2D eigenvalue weighted by Crippen LogP contribution is -2.49. The molecule has 1 aliphatic heterocycles. The topological polar surface area (TPSA) is 134 Å². The van der Waals surface area contributed by atoms with Crippen LogP contribution in [0.3, 0.4) is 0 Å². The van der Waals surface area contributed by atoms with E-state index in [4.69, 9.17) is 22.1 Å². The van der Waals surface area contributed by atoms with Crippen molar-refractivity contribution in [2.75, 3.05) is 34.3 Å². The van der Waals surface area contributed by atoms with Crippen molar-refractivity contribution in [3.63, 3.8) is 0 Å². The number of halogens is 2. The third-order valence-corrected chi connectivity index (χ3v) is 8.32. The number of nitrogens with zero attached hydrogens (tertiary/aromatic N) is 2. The van der Waals surface area contributed by atoms with Crippen LogP contribution in [-0.4, -0.2) is 50.6 Å². The molecule has 3 amide bonds. The molecule has 0 saturated carbocycles. The van der Waals surface area contributed by atoms with Gasteiger partial charge in [0.15, 0.2) is 0 Å². The summed E-state index contributed by atoms with van der Waals surface area (Å²) in [5, 5.41) is 3.14. The zero-order valence-electron chi connectivity index (χ0n) is 25.1. The molecule has 0 unspecified atom stereocenters. The number of hydrogen-bond donors (Lipinski definition) is 3. The van der Waals surface area contributed by atoms with Gasteiger partial charge in [-0.05, 0) is 85.1 Å². The molecular formula is C33H35Cl2N5O5S. The number of hydrogen-bond acceptors (Lipinski definition) is 6. The number of nitrogens with two attached hydrogens (primary N) is 1. The van der Waals surface area contributed by atoms with Crippen molar-refractivity contribution >= 4 is 63.0 Å². The van der Waals surface area contributed by atoms with Crippen LogP contribution in [0.4, 0.5) is 21.9 Å². The van der Waals surface area contributed by atoms with Gasteiger partial charge in [-0.3, -0.25) is 19.3 Å². The standard InChI is InChI=1S/C33H34ClN5O5S.ClH/c1-45(42,43)37-24-9-14-29(15-10-24)44-28-12-7-23(8-13-28)22-38-19-17-27(18-20-38)39(26-5-3-2-4-6-26)33(41)36-25-11-16-31(34)30(21-25)32(35)40;/h2-16,21,27,37H,17-20,22H2,1H3,(H2,35,40)(H,36,41);1H. The minimum Gasteiger partial charge on any atom is -0.457 e. The molecule has 0 aliphatic carbocycles. The van der Waals surface area contributed by atoms with E-state index in [1.807, 2.05) is 54.6 Å². The smallest absolute Gasteiger partial charge is 0.326 e. The van der Waals surface area contributed by atoms with Crippen molar-refractivity contribution in [3.05, 3.63) is 113 Å². The fraction of sp³-hybridized carbons (Fsp3) is 0.212. The van der Waals surface area contributed by atoms with Gasteiger partial charge in [0.2, 0.25) is 15.9 Å². The Morgan fingerprint density at radius 1 is 0.913 bits per heavy atom. The first-order valence-corrected chi connectivity index (χ1v) is 16.6. The number of anilines is 3. The van der Waals surface area contributed by atoms with Crippen LogP contribution in [0, 0.1) is 0 Å². The van der Waals surface area contributed by atoms with Crippen molar-refractivity contribution in [1.29, 1.82) is 0 Å². The van der Waals surface area contributed by atoms with Crippen LogP contribution in [0.1, 0.15) is 28.8 Å². The number of rotatable bonds is 10. The first kappa shape index (κ1) is 34.6. The van der Waals surface area contributed by atoms with Gasteiger partial charge < -0.3 is 15.8 Å². The van der Waals surface area contributed by atoms with E-state index >= 15 is 0 Å². The van der Waals surface area contributed by atoms with Crippen molar-refractivity contribution in [3.8, 4) is 11.5 Å². The number of likely N-dealkylation sites (tertiary alicyclic amines) is 1. The summed E-state index contributed by atoms with van der Waals surface area (Å²) in [6.07, 6.45) is 2.66. The van der Waals surface area contributed by atoms with E-state index in [0.29, 0.717) is 22.9 Å². The number of carbonyl (C=O) groups is 2. The molecule has 1 heterocycles. The van der Waals surface area contributed by atoms with Gasteiger partial charge in [-0.15, -0.1) is 12.4 Å². The highest BCUT2D eigenvalue weighted by molar-refractivity contribution is 7.92. The molecule has 0 radical (unpaired) electrons. The fourth-order valence-electron chi connectivity index (χ4n) is 5.26. The molecule has 10 nitrogen and oxygen atoms in total. The highest BCUT2D eigenvalue weighted by atomic mass is 35.5. The number of urea groups is 1. The lowest BCUT2D eigenvalue weighted by molar-refractivity contribution is 0.100. The van der Waals surface area contributed by atoms with E-state index in [1.165, 1.54) is 6.07 Å². The predicted molar refractivity (Wildman–Crippen MR) is 185 cm³/mol. The largest absolute Gasteiger partial charge is 0.457 e. The monoisotopic (exact) mass is 683 g/mol. The lowest BCUT2D eigenvalue weighted by atomic mass is 10.0. The van der Waals surface area contributed by atoms with Gasteiger partial charge in [-0.2, -0.15) is 0 Å². The molecule has 4 aromatic carbocycles. The number of carbonyl (C=O) groups excluding carboxylic acids is 2. The molecule has 1 aliphatic rings. The molecule has 0 spiro atoms. The third-order valence-electron chi connectivity index (χ3n) is 7.38. The maximum atomic E-state index is 13.6. The second-order valence-electron chi connectivity index (χ2n) is 10.8. The minimum absolute atomic E-state index is 0. The maximum Gasteiger partial charge on any atom is 0.326 e. The van der Waals surface area contributed by atoms with Crippen LogP contribution < -0.4 is 25.4 Å². The van der Waals surface area contributed by atoms with E-state index in [1.54, 1.807) is 41.3 Å². The van der Waals surface area contributed by atoms with Gasteiger partial charge in [0, 0.05) is 42.7 Å². The Morgan fingerprint density at radius 2 is 1.50 bits per heavy atom. The van der Waals surface area contributed by atoms with Crippen LogP contribution in [-0.2, 0) is 16.6 Å². The zero-order valence-corrected chi connectivity index (χ0v) is 27.4. The molecule has 5 rings (SSSR count). The molecule has 0 atom stereocenters. The summed E-state index contributed by atoms with van der Waals surface area (Å²) in [6.45, 7) is 2.37. The number of amides is 3. The number of nitrogens with one attached hydrogen (secondary N) is 2. The number of para-hydroxylation sites is 1. The van der Waals surface area contributed by atoms with E-state index in [-0.39, 0.29) is 35.1 Å². The van der Waals surface area contributed by atoms with Gasteiger partial charge in [0.25, 0.3) is 0 Å². The maximum absolute atomic E-state index is 13.6. The molecule has 0 bridgehead atoms. The van der Waals surface area contributed by atoms with Crippen molar-refractivity contribution in [2.45, 2.75) is 25.4 Å². The molecule has 0 aromatic heterocycles. The van der Waals surface area contributed by atoms with E-state index < -0.39 is 15.9 Å². The highest BCUT2D eigenvalue weighted by Gasteiger charge is 2.29. The molecule has 242 valence electrons. The highest BCUT2D eigenvalue weighted by Crippen LogP contribution is 2.28. The van der Waals surface area contributed by atoms with Gasteiger partial charge in [0.05, 0.1) is 16.8 Å². The van der Waals surface area contributed by atoms with Gasteiger partial charge in [0.1, 0.15) is 11.5 Å². The van der Waals surface area contributed by atoms with Crippen molar-refractivity contribution in [2.24, 2.45) is 5.73 Å². The minimum atomic E-state index is -3.34. The quantitative estimate of drug-likeness (QED) is 0.170. The van der Waals surface area contributed by atoms with E-state index in [9.17, 15) is 18.0 Å². The molecule has 4 aromatic rings. The lowest BCUT2D eigenvalue weighted by Gasteiger charge is -2.38. The molecular weight excluding hydrogens is 649 g/mol. The first-order chi connectivity index (χ1) is 21.5. The Balaban J connectivity index is 0.00000480. The van der Waals surface area contributed by atoms with Gasteiger partial charge in [-0.1, -0.05) is 41.9 Å². The average molecular weight is 685 g/mol. The average Bonchev–Trinajstić information content (AvgIpc) is 3.01. The van der Waals surface area contributed by atoms with Crippen LogP contribution in [0.25, 0.3) is 0 Å². The Bertz CT molecular complexity index is 1750. The van der Waals surface area contributed by atoms with Crippen LogP contribution in [0.2, 0.25) is 5.02 Å². The summed E-state index contributed by atoms with van der Waals surface area (Å²) < 4.78 is 31.1. The van der Waals surface area contributed by atoms with Gasteiger partial charge >= 0.3 is 6.03 Å². The second-order valence-corrected chi connectivity index (χ2v) is 13.0. The Labute approximate surface area is 279 Å². The summed E-state index contributed by atoms with van der Waals surface area (Å²) in [5.41, 5.74) is 8.41. The second kappa shape index (κ2) is 15.3. The number of sulfonamides is 1. The zero-order chi connectivity index (χ0) is 32.0. The SMILES string of the molecule is CS(=O)(=O)Nc1ccc(Oc2ccc(CN3CCC(N(C(=O)Nc4ccc(Cl)c(C(N)=O)c4)c4ccccc4)CC3)cc2)cc1.Cl. The Morgan fingerprint density at radius 3 is 2.09 bits per heavy atom. The number of primary amides is 1. The molecule has 4 N–H and O–H groups in total. The number of ether oxygens (including phenoxy) is 1. The predicted octanol–water partition coefficient (Wildman–Crippen LogP) is 6.73. The van der Waals surface area contributed by atoms with Gasteiger partial charge in [-0.25, -0.2) is 13.2 Å². The molecule has 1 saturated heterocycles. The van der Waals surface area contributed by atoms with E-state index in [2.05, 4.69) is 14.9 Å². The summed E-state index contributed by atoms with van der Waals surface area (Å²) in [7, 11) is -3.34. The molecule has 46 heavy (non-hydrogen) atoms. The Kier molecular flexibility index (Phi) is 11.5. The van der Waals surface area contributed by atoms with E-state index in [0.717, 1.165) is 50.0 Å². The number of benzene rings is 4. The summed E-state index contributed by atoms with van der Waals surface area (Å²) in [4.78, 5) is 29.5. The first-order valence-electron chi connectivity index (χ1n) is 14.4. The molecule has 13 heteroatoms. The van der Waals surface area contributed by atoms with Crippen LogP contribution >= 0.6 is 24.0 Å². The van der Waals surface area contributed by atoms with Crippen molar-refractivity contribution in [1.82, 2.24) is 4.90 Å². The summed E-state index contributed by atoms with van der Waals surface area (Å²) in [6, 6.07) is 28.5. The normalized spacial score (nSPS) is 13.7.